The van der Waals surface area contributed by atoms with Gasteiger partial charge in [-0.1, -0.05) is 26.0 Å². The summed E-state index contributed by atoms with van der Waals surface area (Å²) in [6.45, 7) is 13.7. The van der Waals surface area contributed by atoms with Gasteiger partial charge in [0.05, 0.1) is 0 Å². The molecule has 0 radical (unpaired) electrons. The molecule has 2 heteroatoms. The molecule has 0 N–H and O–H groups in total. The van der Waals surface area contributed by atoms with Crippen molar-refractivity contribution >= 4 is 5.91 Å². The molecule has 2 nitrogen and oxygen atoms in total. The summed E-state index contributed by atoms with van der Waals surface area (Å²) in [5.74, 6) is 1.15. The zero-order chi connectivity index (χ0) is 12.6. The Morgan fingerprint density at radius 3 is 2.31 bits per heavy atom. The lowest BCUT2D eigenvalue weighted by Gasteiger charge is -2.16. The van der Waals surface area contributed by atoms with Crippen LogP contribution in [0.15, 0.2) is 24.8 Å². The predicted octanol–water partition coefficient (Wildman–Crippen LogP) is 3.26. The molecule has 2 atom stereocenters. The van der Waals surface area contributed by atoms with Crippen LogP contribution in [0.2, 0.25) is 0 Å². The van der Waals surface area contributed by atoms with Crippen molar-refractivity contribution in [1.29, 1.82) is 0 Å². The summed E-state index contributed by atoms with van der Waals surface area (Å²) in [7, 11) is 0. The van der Waals surface area contributed by atoms with Gasteiger partial charge in [-0.25, -0.2) is 0 Å². The van der Waals surface area contributed by atoms with Crippen molar-refractivity contribution in [2.45, 2.75) is 34.1 Å². The molecule has 0 aliphatic heterocycles. The van der Waals surface area contributed by atoms with Gasteiger partial charge in [-0.05, 0) is 38.2 Å². The van der Waals surface area contributed by atoms with E-state index in [1.807, 2.05) is 30.9 Å². The monoisotopic (exact) mass is 223 g/mol. The first-order valence-corrected chi connectivity index (χ1v) is 6.14. The summed E-state index contributed by atoms with van der Waals surface area (Å²) in [6.07, 6.45) is 6.57. The fourth-order valence-corrected chi connectivity index (χ4v) is 1.47. The van der Waals surface area contributed by atoms with E-state index in [1.54, 1.807) is 6.08 Å². The Bertz CT molecular complexity index is 241. The molecule has 16 heavy (non-hydrogen) atoms. The third kappa shape index (κ3) is 5.15. The third-order valence-electron chi connectivity index (χ3n) is 3.11. The van der Waals surface area contributed by atoms with E-state index in [-0.39, 0.29) is 5.91 Å². The van der Waals surface area contributed by atoms with Gasteiger partial charge in [0.15, 0.2) is 0 Å². The number of likely N-dealkylation sites (N-methyl/N-ethyl adjacent to an activating group) is 1. The van der Waals surface area contributed by atoms with Crippen LogP contribution in [0.4, 0.5) is 0 Å². The summed E-state index contributed by atoms with van der Waals surface area (Å²) in [4.78, 5) is 13.5. The summed E-state index contributed by atoms with van der Waals surface area (Å²) in [5, 5.41) is 0. The van der Waals surface area contributed by atoms with E-state index in [0.29, 0.717) is 11.8 Å². The summed E-state index contributed by atoms with van der Waals surface area (Å²) < 4.78 is 0. The Labute approximate surface area is 100 Å². The molecule has 0 aliphatic carbocycles. The highest BCUT2D eigenvalue weighted by molar-refractivity contribution is 5.87. The minimum Gasteiger partial charge on any atom is -0.340 e. The van der Waals surface area contributed by atoms with Gasteiger partial charge < -0.3 is 4.90 Å². The fraction of sp³-hybridized carbons (Fsp3) is 0.643. The van der Waals surface area contributed by atoms with E-state index in [4.69, 9.17) is 0 Å². The minimum atomic E-state index is 0.114. The van der Waals surface area contributed by atoms with E-state index >= 15 is 0 Å². The highest BCUT2D eigenvalue weighted by Crippen LogP contribution is 2.15. The summed E-state index contributed by atoms with van der Waals surface area (Å²) >= 11 is 0. The zero-order valence-corrected chi connectivity index (χ0v) is 11.1. The molecule has 0 aromatic carbocycles. The fourth-order valence-electron chi connectivity index (χ4n) is 1.47. The average molecular weight is 223 g/mol. The van der Waals surface area contributed by atoms with Crippen LogP contribution in [0.25, 0.3) is 0 Å². The molecule has 0 bridgehead atoms. The van der Waals surface area contributed by atoms with Crippen molar-refractivity contribution in [3.8, 4) is 0 Å². The molecule has 0 spiro atoms. The Balaban J connectivity index is 4.09. The van der Waals surface area contributed by atoms with Crippen LogP contribution in [-0.4, -0.2) is 23.9 Å². The van der Waals surface area contributed by atoms with Gasteiger partial charge in [0.2, 0.25) is 5.91 Å². The number of hydrogen-bond donors (Lipinski definition) is 0. The lowest BCUT2D eigenvalue weighted by Crippen LogP contribution is -2.28. The van der Waals surface area contributed by atoms with Gasteiger partial charge in [0.1, 0.15) is 0 Å². The van der Waals surface area contributed by atoms with Crippen molar-refractivity contribution < 1.29 is 4.79 Å². The first-order chi connectivity index (χ1) is 7.56. The zero-order valence-electron chi connectivity index (χ0n) is 11.1. The Morgan fingerprint density at radius 1 is 1.31 bits per heavy atom. The molecule has 0 fully saturated rings. The van der Waals surface area contributed by atoms with E-state index in [2.05, 4.69) is 20.4 Å². The van der Waals surface area contributed by atoms with E-state index in [0.717, 1.165) is 19.5 Å². The number of allylic oxidation sites excluding steroid dienone is 2. The van der Waals surface area contributed by atoms with Gasteiger partial charge >= 0.3 is 0 Å². The van der Waals surface area contributed by atoms with Crippen LogP contribution >= 0.6 is 0 Å². The highest BCUT2D eigenvalue weighted by atomic mass is 16.2. The van der Waals surface area contributed by atoms with Gasteiger partial charge in [0.25, 0.3) is 0 Å². The van der Waals surface area contributed by atoms with Crippen LogP contribution in [0.3, 0.4) is 0 Å². The molecule has 0 aliphatic rings. The number of rotatable bonds is 7. The second-order valence-electron chi connectivity index (χ2n) is 4.22. The number of amides is 1. The largest absolute Gasteiger partial charge is 0.340 e. The number of carbonyl (C=O) groups is 1. The van der Waals surface area contributed by atoms with E-state index < -0.39 is 0 Å². The minimum absolute atomic E-state index is 0.114. The maximum atomic E-state index is 11.6. The molecule has 92 valence electrons. The van der Waals surface area contributed by atoms with Crippen LogP contribution in [0, 0.1) is 11.8 Å². The predicted molar refractivity (Wildman–Crippen MR) is 70.2 cm³/mol. The smallest absolute Gasteiger partial charge is 0.246 e. The van der Waals surface area contributed by atoms with Crippen molar-refractivity contribution in [2.75, 3.05) is 13.1 Å². The van der Waals surface area contributed by atoms with E-state index in [9.17, 15) is 4.79 Å². The SMILES string of the molecule is C=CC(C)C(C)C/C=C/C(=O)N(CC)CC. The molecule has 0 aromatic rings. The molecular formula is C14H25NO. The average Bonchev–Trinajstić information content (AvgIpc) is 2.29. The lowest BCUT2D eigenvalue weighted by atomic mass is 9.93. The molecule has 0 saturated heterocycles. The van der Waals surface area contributed by atoms with Crippen LogP contribution < -0.4 is 0 Å². The van der Waals surface area contributed by atoms with Crippen molar-refractivity contribution in [1.82, 2.24) is 4.90 Å². The number of carbonyl (C=O) groups excluding carboxylic acids is 1. The third-order valence-corrected chi connectivity index (χ3v) is 3.11. The standard InChI is InChI=1S/C14H25NO/c1-6-12(4)13(5)10-9-11-14(16)15(7-2)8-3/h6,9,11-13H,1,7-8,10H2,2-5H3/b11-9+. The first kappa shape index (κ1) is 14.9. The van der Waals surface area contributed by atoms with Gasteiger partial charge in [-0.2, -0.15) is 0 Å². The van der Waals surface area contributed by atoms with Crippen molar-refractivity contribution in [2.24, 2.45) is 11.8 Å². The highest BCUT2D eigenvalue weighted by Gasteiger charge is 2.08. The first-order valence-electron chi connectivity index (χ1n) is 6.14. The molecule has 0 aromatic heterocycles. The van der Waals surface area contributed by atoms with Gasteiger partial charge in [-0.15, -0.1) is 6.58 Å². The molecule has 0 rings (SSSR count). The summed E-state index contributed by atoms with van der Waals surface area (Å²) in [6, 6.07) is 0. The van der Waals surface area contributed by atoms with Crippen molar-refractivity contribution in [3.05, 3.63) is 24.8 Å². The topological polar surface area (TPSA) is 20.3 Å². The normalized spacial score (nSPS) is 14.8. The van der Waals surface area contributed by atoms with Crippen LogP contribution in [-0.2, 0) is 4.79 Å². The maximum Gasteiger partial charge on any atom is 0.246 e. The van der Waals surface area contributed by atoms with Crippen LogP contribution in [0.5, 0.6) is 0 Å². The lowest BCUT2D eigenvalue weighted by molar-refractivity contribution is -0.125. The number of nitrogens with zero attached hydrogens (tertiary/aromatic N) is 1. The van der Waals surface area contributed by atoms with Gasteiger partial charge in [-0.3, -0.25) is 4.79 Å². The Kier molecular flexibility index (Phi) is 7.61. The van der Waals surface area contributed by atoms with Crippen molar-refractivity contribution in [3.63, 3.8) is 0 Å². The second-order valence-corrected chi connectivity index (χ2v) is 4.22. The molecular weight excluding hydrogens is 198 g/mol. The Morgan fingerprint density at radius 2 is 1.88 bits per heavy atom. The Hall–Kier alpha value is -1.05. The number of hydrogen-bond acceptors (Lipinski definition) is 1. The summed E-state index contributed by atoms with van der Waals surface area (Å²) in [5.41, 5.74) is 0. The van der Waals surface area contributed by atoms with Crippen LogP contribution in [0.1, 0.15) is 34.1 Å². The molecule has 0 heterocycles. The quantitative estimate of drug-likeness (QED) is 0.479. The maximum absolute atomic E-state index is 11.6. The molecule has 1 amide bonds. The second kappa shape index (κ2) is 8.14. The molecule has 2 unspecified atom stereocenters. The van der Waals surface area contributed by atoms with E-state index in [1.165, 1.54) is 0 Å². The van der Waals surface area contributed by atoms with Gasteiger partial charge in [0, 0.05) is 13.1 Å². The molecule has 0 saturated carbocycles.